The Morgan fingerprint density at radius 1 is 1.28 bits per heavy atom. The molecule has 1 aliphatic heterocycles. The molecule has 3 rings (SSSR count). The van der Waals surface area contributed by atoms with Crippen LogP contribution in [0.5, 0.6) is 0 Å². The van der Waals surface area contributed by atoms with Crippen molar-refractivity contribution in [2.75, 3.05) is 32.1 Å². The van der Waals surface area contributed by atoms with Crippen LogP contribution in [-0.4, -0.2) is 49.4 Å². The van der Waals surface area contributed by atoms with Crippen LogP contribution in [0.4, 0.5) is 5.69 Å². The van der Waals surface area contributed by atoms with Gasteiger partial charge in [-0.25, -0.2) is 0 Å². The van der Waals surface area contributed by atoms with Gasteiger partial charge in [-0.3, -0.25) is 9.59 Å². The van der Waals surface area contributed by atoms with Gasteiger partial charge < -0.3 is 15.1 Å². The van der Waals surface area contributed by atoms with Crippen molar-refractivity contribution < 1.29 is 9.59 Å². The Morgan fingerprint density at radius 2 is 2.00 bits per heavy atom. The minimum atomic E-state index is -0.265. The summed E-state index contributed by atoms with van der Waals surface area (Å²) in [5, 5.41) is 3.02. The van der Waals surface area contributed by atoms with Gasteiger partial charge in [-0.15, -0.1) is 0 Å². The van der Waals surface area contributed by atoms with E-state index in [2.05, 4.69) is 36.2 Å². The number of nitrogens with zero attached hydrogens (tertiary/aromatic N) is 2. The first-order valence-electron chi connectivity index (χ1n) is 9.15. The summed E-state index contributed by atoms with van der Waals surface area (Å²) in [5.74, 6) is -0.240. The van der Waals surface area contributed by atoms with Gasteiger partial charge in [-0.05, 0) is 70.5 Å². The third-order valence-corrected chi connectivity index (χ3v) is 5.80. The minimum Gasteiger partial charge on any atom is -0.354 e. The molecule has 1 N–H and O–H groups in total. The highest BCUT2D eigenvalue weighted by Gasteiger charge is 2.36. The van der Waals surface area contributed by atoms with Gasteiger partial charge in [0.2, 0.25) is 11.8 Å². The molecule has 0 unspecified atom stereocenters. The molecule has 0 saturated carbocycles. The fraction of sp³-hybridized carbons (Fsp3) is 0.600. The molecule has 5 nitrogen and oxygen atoms in total. The second-order valence-electron chi connectivity index (χ2n) is 8.14. The molecule has 1 fully saturated rings. The number of aryl methyl sites for hydroxylation is 2. The van der Waals surface area contributed by atoms with E-state index < -0.39 is 0 Å². The van der Waals surface area contributed by atoms with Gasteiger partial charge >= 0.3 is 0 Å². The Kier molecular flexibility index (Phi) is 4.87. The number of carbonyl (C=O) groups excluding carboxylic acids is 2. The summed E-state index contributed by atoms with van der Waals surface area (Å²) in [6.45, 7) is 5.22. The molecule has 0 spiro atoms. The fourth-order valence-electron chi connectivity index (χ4n) is 3.46. The van der Waals surface area contributed by atoms with Gasteiger partial charge in [0, 0.05) is 30.7 Å². The first kappa shape index (κ1) is 17.9. The zero-order chi connectivity index (χ0) is 18.2. The number of rotatable bonds is 5. The number of hydrogen-bond acceptors (Lipinski definition) is 3. The quantitative estimate of drug-likeness (QED) is 0.889. The molecule has 25 heavy (non-hydrogen) atoms. The number of likely N-dealkylation sites (N-methyl/N-ethyl adjacent to an activating group) is 1. The molecule has 2 amide bonds. The van der Waals surface area contributed by atoms with Crippen LogP contribution in [0, 0.1) is 5.92 Å². The summed E-state index contributed by atoms with van der Waals surface area (Å²) >= 11 is 0. The van der Waals surface area contributed by atoms with Crippen molar-refractivity contribution in [3.05, 3.63) is 29.3 Å². The first-order valence-corrected chi connectivity index (χ1v) is 9.15. The van der Waals surface area contributed by atoms with E-state index in [0.29, 0.717) is 19.5 Å². The van der Waals surface area contributed by atoms with Gasteiger partial charge in [0.25, 0.3) is 0 Å². The number of hydrogen-bond donors (Lipinski definition) is 1. The Labute approximate surface area is 150 Å². The van der Waals surface area contributed by atoms with Crippen LogP contribution >= 0.6 is 0 Å². The third-order valence-electron chi connectivity index (χ3n) is 5.80. The van der Waals surface area contributed by atoms with Gasteiger partial charge in [-0.2, -0.15) is 0 Å². The second-order valence-corrected chi connectivity index (χ2v) is 8.14. The highest BCUT2D eigenvalue weighted by molar-refractivity contribution is 6.00. The predicted octanol–water partition coefficient (Wildman–Crippen LogP) is 1.98. The highest BCUT2D eigenvalue weighted by Crippen LogP contribution is 2.30. The monoisotopic (exact) mass is 343 g/mol. The molecular weight excluding hydrogens is 314 g/mol. The Morgan fingerprint density at radius 3 is 2.72 bits per heavy atom. The molecule has 1 aromatic carbocycles. The molecule has 136 valence electrons. The summed E-state index contributed by atoms with van der Waals surface area (Å²) < 4.78 is 0. The maximum absolute atomic E-state index is 12.5. The van der Waals surface area contributed by atoms with Crippen LogP contribution in [-0.2, 0) is 22.4 Å². The van der Waals surface area contributed by atoms with Crippen molar-refractivity contribution in [1.82, 2.24) is 10.2 Å². The Bertz CT molecular complexity index is 682. The molecule has 1 aliphatic carbocycles. The Hall–Kier alpha value is -1.88. The average molecular weight is 343 g/mol. The lowest BCUT2D eigenvalue weighted by atomic mass is 10.0. The lowest BCUT2D eigenvalue weighted by Crippen LogP contribution is -2.49. The SMILES string of the molecule is CN(C)C(C)(C)CNC(=O)[C@@H]1CC(=O)N(c2ccc3c(c2)CCC3)C1. The first-order chi connectivity index (χ1) is 11.8. The summed E-state index contributed by atoms with van der Waals surface area (Å²) in [4.78, 5) is 28.8. The van der Waals surface area contributed by atoms with Crippen molar-refractivity contribution in [3.63, 3.8) is 0 Å². The number of anilines is 1. The van der Waals surface area contributed by atoms with E-state index in [1.165, 1.54) is 17.5 Å². The molecular formula is C20H29N3O2. The maximum Gasteiger partial charge on any atom is 0.227 e. The minimum absolute atomic E-state index is 0.0214. The normalized spacial score (nSPS) is 20.3. The van der Waals surface area contributed by atoms with Crippen molar-refractivity contribution in [3.8, 4) is 0 Å². The van der Waals surface area contributed by atoms with E-state index in [-0.39, 0.29) is 23.3 Å². The zero-order valence-corrected chi connectivity index (χ0v) is 15.8. The van der Waals surface area contributed by atoms with Crippen LogP contribution in [0.3, 0.4) is 0 Å². The zero-order valence-electron chi connectivity index (χ0n) is 15.8. The third kappa shape index (κ3) is 3.71. The van der Waals surface area contributed by atoms with Crippen LogP contribution in [0.15, 0.2) is 18.2 Å². The summed E-state index contributed by atoms with van der Waals surface area (Å²) in [5.41, 5.74) is 3.58. The largest absolute Gasteiger partial charge is 0.354 e. The highest BCUT2D eigenvalue weighted by atomic mass is 16.2. The molecule has 0 radical (unpaired) electrons. The summed E-state index contributed by atoms with van der Waals surface area (Å²) in [6, 6.07) is 6.30. The second kappa shape index (κ2) is 6.79. The van der Waals surface area contributed by atoms with Crippen LogP contribution in [0.1, 0.15) is 37.8 Å². The number of benzene rings is 1. The van der Waals surface area contributed by atoms with Crippen molar-refractivity contribution in [2.45, 2.75) is 45.1 Å². The molecule has 1 heterocycles. The van der Waals surface area contributed by atoms with Crippen molar-refractivity contribution in [1.29, 1.82) is 0 Å². The topological polar surface area (TPSA) is 52.7 Å². The molecule has 1 aromatic rings. The molecule has 0 aromatic heterocycles. The van der Waals surface area contributed by atoms with E-state index in [1.807, 2.05) is 20.2 Å². The Balaban J connectivity index is 1.63. The van der Waals surface area contributed by atoms with Crippen LogP contribution in [0.2, 0.25) is 0 Å². The average Bonchev–Trinajstić information content (AvgIpc) is 3.18. The lowest BCUT2D eigenvalue weighted by molar-refractivity contribution is -0.126. The summed E-state index contributed by atoms with van der Waals surface area (Å²) in [7, 11) is 4.00. The van der Waals surface area contributed by atoms with Crippen molar-refractivity contribution >= 4 is 17.5 Å². The molecule has 5 heteroatoms. The van der Waals surface area contributed by atoms with E-state index >= 15 is 0 Å². The van der Waals surface area contributed by atoms with E-state index in [4.69, 9.17) is 0 Å². The number of amides is 2. The molecule has 1 atom stereocenters. The van der Waals surface area contributed by atoms with Gasteiger partial charge in [-0.1, -0.05) is 6.07 Å². The van der Waals surface area contributed by atoms with E-state index in [0.717, 1.165) is 18.5 Å². The van der Waals surface area contributed by atoms with Gasteiger partial charge in [0.05, 0.1) is 5.92 Å². The van der Waals surface area contributed by atoms with Crippen LogP contribution < -0.4 is 10.2 Å². The van der Waals surface area contributed by atoms with Crippen molar-refractivity contribution in [2.24, 2.45) is 5.92 Å². The number of fused-ring (bicyclic) bond motifs is 1. The summed E-state index contributed by atoms with van der Waals surface area (Å²) in [6.07, 6.45) is 3.72. The van der Waals surface area contributed by atoms with Gasteiger partial charge in [0.15, 0.2) is 0 Å². The molecule has 0 bridgehead atoms. The smallest absolute Gasteiger partial charge is 0.227 e. The van der Waals surface area contributed by atoms with Crippen LogP contribution in [0.25, 0.3) is 0 Å². The van der Waals surface area contributed by atoms with Gasteiger partial charge in [0.1, 0.15) is 0 Å². The van der Waals surface area contributed by atoms with E-state index in [9.17, 15) is 9.59 Å². The number of carbonyl (C=O) groups is 2. The number of nitrogens with one attached hydrogen (secondary N) is 1. The molecule has 2 aliphatic rings. The predicted molar refractivity (Wildman–Crippen MR) is 99.7 cm³/mol. The lowest BCUT2D eigenvalue weighted by Gasteiger charge is -2.33. The van der Waals surface area contributed by atoms with E-state index in [1.54, 1.807) is 4.90 Å². The maximum atomic E-state index is 12.5. The fourth-order valence-corrected chi connectivity index (χ4v) is 3.46. The molecule has 1 saturated heterocycles. The standard InChI is InChI=1S/C20H29N3O2/c1-20(2,22(3)4)13-21-19(25)16-11-18(24)23(12-16)17-9-8-14-6-5-7-15(14)10-17/h8-10,16H,5-7,11-13H2,1-4H3,(H,21,25)/t16-/m1/s1.